The molecule has 1 aromatic rings. The van der Waals surface area contributed by atoms with Gasteiger partial charge in [-0.05, 0) is 40.7 Å². The topological polar surface area (TPSA) is 137 Å². The normalized spacial score (nSPS) is 12.8. The van der Waals surface area contributed by atoms with Crippen LogP contribution in [-0.2, 0) is 64.5 Å². The molecule has 11 nitrogen and oxygen atoms in total. The monoisotopic (exact) mass is 619 g/mol. The highest BCUT2D eigenvalue weighted by molar-refractivity contribution is 7.88. The van der Waals surface area contributed by atoms with E-state index >= 15 is 0 Å². The number of aryl methyl sites for hydroxylation is 1. The first-order chi connectivity index (χ1) is 20.5. The molecule has 2 N–H and O–H groups in total. The van der Waals surface area contributed by atoms with Crippen molar-refractivity contribution in [2.75, 3.05) is 79.3 Å². The van der Waals surface area contributed by atoms with Crippen molar-refractivity contribution in [3.63, 3.8) is 0 Å². The summed E-state index contributed by atoms with van der Waals surface area (Å²) in [6.45, 7) is 10.4. The Balaban J connectivity index is 1.96. The van der Waals surface area contributed by atoms with Crippen LogP contribution in [0.4, 0.5) is 0 Å². The van der Waals surface area contributed by atoms with E-state index in [4.69, 9.17) is 28.4 Å². The van der Waals surface area contributed by atoms with Gasteiger partial charge in [0.1, 0.15) is 23.5 Å². The predicted octanol–water partition coefficient (Wildman–Crippen LogP) is 4.75. The van der Waals surface area contributed by atoms with Crippen molar-refractivity contribution < 1.29 is 45.6 Å². The zero-order valence-electron chi connectivity index (χ0n) is 25.4. The molecule has 42 heavy (non-hydrogen) atoms. The van der Waals surface area contributed by atoms with Gasteiger partial charge in [0, 0.05) is 4.21 Å². The maximum Gasteiger partial charge on any atom is 0.564 e. The molecular weight excluding hydrogens is 566 g/mol. The third kappa shape index (κ3) is 22.1. The van der Waals surface area contributed by atoms with Crippen LogP contribution >= 0.6 is 0 Å². The third-order valence-electron chi connectivity index (χ3n) is 6.10. The fourth-order valence-corrected chi connectivity index (χ4v) is 4.27. The third-order valence-corrected chi connectivity index (χ3v) is 6.80. The van der Waals surface area contributed by atoms with Gasteiger partial charge in [0.25, 0.3) is 0 Å². The van der Waals surface area contributed by atoms with Crippen LogP contribution in [0.15, 0.2) is 30.9 Å². The molecule has 1 radical (unpaired) electrons. The average molecular weight is 620 g/mol. The van der Waals surface area contributed by atoms with Crippen LogP contribution in [0.1, 0.15) is 63.0 Å². The summed E-state index contributed by atoms with van der Waals surface area (Å²) >= 11 is 0. The summed E-state index contributed by atoms with van der Waals surface area (Å²) in [5.41, 5.74) is 2.54. The molecule has 0 heterocycles. The van der Waals surface area contributed by atoms with Gasteiger partial charge in [0.15, 0.2) is 0 Å². The van der Waals surface area contributed by atoms with Crippen LogP contribution in [0, 0.1) is 0 Å². The molecule has 0 saturated heterocycles. The van der Waals surface area contributed by atoms with Crippen molar-refractivity contribution in [1.29, 1.82) is 0 Å². The van der Waals surface area contributed by atoms with Crippen molar-refractivity contribution in [2.45, 2.75) is 64.7 Å². The van der Waals surface area contributed by atoms with E-state index in [0.29, 0.717) is 66.1 Å². The van der Waals surface area contributed by atoms with Crippen molar-refractivity contribution >= 4 is 10.8 Å². The lowest BCUT2D eigenvalue weighted by Crippen LogP contribution is -2.22. The number of hydrogen-bond donors (Lipinski definition) is 1. The quantitative estimate of drug-likeness (QED) is 0.0536. The van der Waals surface area contributed by atoms with Crippen LogP contribution in [0.2, 0.25) is 0 Å². The highest BCUT2D eigenvalue weighted by Gasteiger charge is 2.32. The lowest BCUT2D eigenvalue weighted by molar-refractivity contribution is -0.0147. The second-order valence-corrected chi connectivity index (χ2v) is 10.8. The smallest absolute Gasteiger partial charge is 0.491 e. The Bertz CT molecular complexity index is 829. The van der Waals surface area contributed by atoms with Gasteiger partial charge < -0.3 is 28.4 Å². The van der Waals surface area contributed by atoms with Crippen molar-refractivity contribution in [2.24, 2.45) is 5.90 Å². The molecule has 0 aliphatic heterocycles. The molecule has 0 bridgehead atoms. The summed E-state index contributed by atoms with van der Waals surface area (Å²) in [5.74, 6) is 5.43. The Kier molecular flexibility index (Phi) is 24.9. The molecule has 1 atom stereocenters. The number of benzene rings is 1. The summed E-state index contributed by atoms with van der Waals surface area (Å²) in [5, 5.41) is 0. The molecule has 0 aliphatic rings. The lowest BCUT2D eigenvalue weighted by atomic mass is 10.0. The Hall–Kier alpha value is -1.45. The van der Waals surface area contributed by atoms with Gasteiger partial charge in [-0.15, -0.1) is 10.8 Å². The van der Waals surface area contributed by atoms with Crippen LogP contribution in [0.25, 0.3) is 0 Å². The second-order valence-electron chi connectivity index (χ2n) is 9.54. The minimum absolute atomic E-state index is 0.0699. The Morgan fingerprint density at radius 1 is 0.738 bits per heavy atom. The van der Waals surface area contributed by atoms with E-state index in [2.05, 4.69) is 46.1 Å². The fraction of sp³-hybridized carbons (Fsp3) is 0.733. The molecule has 0 saturated carbocycles. The summed E-state index contributed by atoms with van der Waals surface area (Å²) in [4.78, 5) is 0. The fourth-order valence-electron chi connectivity index (χ4n) is 3.95. The average Bonchev–Trinajstić information content (AvgIpc) is 2.98. The zero-order chi connectivity index (χ0) is 30.6. The zero-order valence-corrected chi connectivity index (χ0v) is 26.3. The maximum absolute atomic E-state index is 10.8. The highest BCUT2D eigenvalue weighted by atomic mass is 32.3. The van der Waals surface area contributed by atoms with Gasteiger partial charge in [0.2, 0.25) is 0 Å². The first-order valence-corrected chi connectivity index (χ1v) is 16.4. The molecule has 0 aliphatic carbocycles. The minimum Gasteiger partial charge on any atom is -0.491 e. The van der Waals surface area contributed by atoms with Crippen molar-refractivity contribution in [1.82, 2.24) is 0 Å². The van der Waals surface area contributed by atoms with Crippen molar-refractivity contribution in [3.05, 3.63) is 42.0 Å². The van der Waals surface area contributed by atoms with E-state index < -0.39 is 10.8 Å². The standard InChI is InChI=1S/C30H53NO10S/c1-3-5-6-7-8-9-10-12-28-13-14-30(29(27-28)11-4-2)39-25-23-37-21-19-35-17-15-34-16-18-36-20-22-38-24-26-40-42(32,33)41-31/h4,13-14,27H,2-3,5-12,15-26,31H2,1H3/q+1. The summed E-state index contributed by atoms with van der Waals surface area (Å²) in [7, 11) is -4.14. The molecule has 1 aromatic carbocycles. The van der Waals surface area contributed by atoms with Gasteiger partial charge in [-0.3, -0.25) is 0 Å². The van der Waals surface area contributed by atoms with Gasteiger partial charge in [-0.2, -0.15) is 5.90 Å². The van der Waals surface area contributed by atoms with Gasteiger partial charge in [-0.1, -0.05) is 63.7 Å². The first kappa shape index (κ1) is 38.6. The van der Waals surface area contributed by atoms with E-state index in [1.165, 1.54) is 56.1 Å². The van der Waals surface area contributed by atoms with E-state index in [1.807, 2.05) is 6.08 Å². The van der Waals surface area contributed by atoms with Crippen molar-refractivity contribution in [3.8, 4) is 5.75 Å². The van der Waals surface area contributed by atoms with E-state index in [1.54, 1.807) is 0 Å². The Morgan fingerprint density at radius 2 is 1.24 bits per heavy atom. The molecule has 12 heteroatoms. The van der Waals surface area contributed by atoms with Crippen LogP contribution < -0.4 is 10.6 Å². The first-order valence-electron chi connectivity index (χ1n) is 15.0. The van der Waals surface area contributed by atoms with E-state index in [-0.39, 0.29) is 13.2 Å². The van der Waals surface area contributed by atoms with Gasteiger partial charge in [-0.25, -0.2) is 0 Å². The van der Waals surface area contributed by atoms with Gasteiger partial charge >= 0.3 is 10.8 Å². The summed E-state index contributed by atoms with van der Waals surface area (Å²) in [6.07, 6.45) is 13.0. The maximum atomic E-state index is 10.8. The number of hydrogen-bond acceptors (Lipinski definition) is 10. The minimum atomic E-state index is -4.14. The lowest BCUT2D eigenvalue weighted by Gasteiger charge is -2.13. The molecule has 243 valence electrons. The van der Waals surface area contributed by atoms with Crippen LogP contribution in [0.3, 0.4) is 0 Å². The molecule has 1 rings (SSSR count). The predicted molar refractivity (Wildman–Crippen MR) is 162 cm³/mol. The SMILES string of the molecule is C=CCc1cc(CCCCCCCCC)ccc1OCCOCCOCCOCCOCCOCCO[S+]([O])(=O)ON. The van der Waals surface area contributed by atoms with E-state index in [9.17, 15) is 8.76 Å². The van der Waals surface area contributed by atoms with Crippen LogP contribution in [-0.4, -0.2) is 79.3 Å². The second kappa shape index (κ2) is 27.1. The Labute approximate surface area is 253 Å². The highest BCUT2D eigenvalue weighted by Crippen LogP contribution is 2.22. The molecular formula is C30H53NO10S+. The number of nitrogens with two attached hydrogens (primary N) is 1. The summed E-state index contributed by atoms with van der Waals surface area (Å²) in [6, 6.07) is 6.50. The molecule has 0 spiro atoms. The number of allylic oxidation sites excluding steroid dienone is 1. The Morgan fingerprint density at radius 3 is 1.76 bits per heavy atom. The molecule has 0 fully saturated rings. The number of unbranched alkanes of at least 4 members (excludes halogenated alkanes) is 6. The molecule has 0 aromatic heterocycles. The van der Waals surface area contributed by atoms with Crippen LogP contribution in [0.5, 0.6) is 5.75 Å². The molecule has 1 unspecified atom stereocenters. The largest absolute Gasteiger partial charge is 0.564 e. The molecule has 0 amide bonds. The van der Waals surface area contributed by atoms with Gasteiger partial charge in [0.05, 0.1) is 66.1 Å². The summed E-state index contributed by atoms with van der Waals surface area (Å²) < 4.78 is 62.7. The number of ether oxygens (including phenoxy) is 6. The number of rotatable bonds is 31. The van der Waals surface area contributed by atoms with E-state index in [0.717, 1.165) is 18.6 Å².